The molecule has 0 fully saturated rings. The number of aryl methyl sites for hydroxylation is 1. The van der Waals surface area contributed by atoms with Crippen molar-refractivity contribution in [3.8, 4) is 23.0 Å². The fourth-order valence-corrected chi connectivity index (χ4v) is 3.14. The molecule has 1 heterocycles. The van der Waals surface area contributed by atoms with Crippen LogP contribution in [0.1, 0.15) is 37.2 Å². The van der Waals surface area contributed by atoms with E-state index in [1.165, 1.54) is 0 Å². The van der Waals surface area contributed by atoms with Gasteiger partial charge in [0.15, 0.2) is 5.76 Å². The summed E-state index contributed by atoms with van der Waals surface area (Å²) in [4.78, 5) is 12.7. The van der Waals surface area contributed by atoms with Crippen LogP contribution >= 0.6 is 0 Å². The van der Waals surface area contributed by atoms with E-state index < -0.39 is 22.5 Å². The molecule has 0 spiro atoms. The molecule has 0 saturated carbocycles. The molecule has 0 aliphatic carbocycles. The summed E-state index contributed by atoms with van der Waals surface area (Å²) < 4.78 is 10.9. The number of rotatable bonds is 6. The van der Waals surface area contributed by atoms with E-state index >= 15 is 0 Å². The maximum absolute atomic E-state index is 12.7. The molecule has 0 aliphatic heterocycles. The van der Waals surface area contributed by atoms with Crippen molar-refractivity contribution in [3.05, 3.63) is 57.4 Å². The van der Waals surface area contributed by atoms with Crippen molar-refractivity contribution in [1.82, 2.24) is 0 Å². The predicted molar refractivity (Wildman–Crippen MR) is 108 cm³/mol. The van der Waals surface area contributed by atoms with Crippen LogP contribution in [0.2, 0.25) is 0 Å². The van der Waals surface area contributed by atoms with Gasteiger partial charge >= 0.3 is 0 Å². The monoisotopic (exact) mass is 400 g/mol. The Morgan fingerprint density at radius 2 is 1.72 bits per heavy atom. The Hall–Kier alpha value is -3.19. The van der Waals surface area contributed by atoms with Crippen molar-refractivity contribution in [1.29, 1.82) is 0 Å². The van der Waals surface area contributed by atoms with Gasteiger partial charge < -0.3 is 29.6 Å². The van der Waals surface area contributed by atoms with Crippen LogP contribution in [0.4, 0.5) is 0 Å². The van der Waals surface area contributed by atoms with Gasteiger partial charge in [-0.2, -0.15) is 0 Å². The summed E-state index contributed by atoms with van der Waals surface area (Å²) in [6, 6.07) is 8.09. The number of fused-ring (bicyclic) bond motifs is 1. The molecule has 3 rings (SSSR count). The topological polar surface area (TPSA) is 120 Å². The molecule has 0 radical (unpaired) electrons. The maximum Gasteiger partial charge on any atom is 0.238 e. The average Bonchev–Trinajstić information content (AvgIpc) is 2.64. The van der Waals surface area contributed by atoms with Gasteiger partial charge in [-0.15, -0.1) is 0 Å². The normalized spacial score (nSPS) is 11.7. The van der Waals surface area contributed by atoms with Gasteiger partial charge in [0.25, 0.3) is 0 Å². The van der Waals surface area contributed by atoms with E-state index in [0.29, 0.717) is 12.2 Å². The first-order chi connectivity index (χ1) is 13.6. The number of hydrogen-bond donors (Lipinski definition) is 4. The zero-order chi connectivity index (χ0) is 21.3. The Morgan fingerprint density at radius 1 is 1.07 bits per heavy atom. The van der Waals surface area contributed by atoms with E-state index in [4.69, 9.17) is 9.15 Å². The summed E-state index contributed by atoms with van der Waals surface area (Å²) >= 11 is 0. The minimum atomic E-state index is -1.00. The molecule has 0 aliphatic rings. The molecule has 7 heteroatoms. The van der Waals surface area contributed by atoms with Crippen LogP contribution < -0.4 is 10.2 Å². The highest BCUT2D eigenvalue weighted by molar-refractivity contribution is 5.89. The molecular formula is C22H24O7. The molecule has 1 aromatic heterocycles. The zero-order valence-electron chi connectivity index (χ0n) is 16.5. The molecule has 0 unspecified atom stereocenters. The number of ether oxygens (including phenoxy) is 1. The molecule has 7 nitrogen and oxygen atoms in total. The minimum absolute atomic E-state index is 0.00179. The first-order valence-electron chi connectivity index (χ1n) is 9.18. The summed E-state index contributed by atoms with van der Waals surface area (Å²) in [7, 11) is 1.55. The van der Waals surface area contributed by atoms with Crippen molar-refractivity contribution < 1.29 is 29.6 Å². The molecule has 4 N–H and O–H groups in total. The van der Waals surface area contributed by atoms with Gasteiger partial charge in [-0.1, -0.05) is 12.1 Å². The molecule has 0 amide bonds. The summed E-state index contributed by atoms with van der Waals surface area (Å²) in [5.74, 6) is -0.639. The van der Waals surface area contributed by atoms with Crippen LogP contribution in [0, 0.1) is 0 Å². The van der Waals surface area contributed by atoms with Crippen LogP contribution in [0.15, 0.2) is 39.5 Å². The Balaban J connectivity index is 2.14. The van der Waals surface area contributed by atoms with E-state index in [1.807, 2.05) is 0 Å². The Kier molecular flexibility index (Phi) is 5.44. The maximum atomic E-state index is 12.7. The lowest BCUT2D eigenvalue weighted by Gasteiger charge is -2.18. The lowest BCUT2D eigenvalue weighted by Crippen LogP contribution is -2.19. The van der Waals surface area contributed by atoms with Gasteiger partial charge in [0, 0.05) is 18.1 Å². The summed E-state index contributed by atoms with van der Waals surface area (Å²) in [5.41, 5.74) is -0.728. The van der Waals surface area contributed by atoms with Crippen LogP contribution in [0.25, 0.3) is 11.0 Å². The standard InChI is InChI=1S/C22H24O7/c1-22(2,27)9-8-14-15(23)11-16(24)18-20(26)19(25)17(29-21(14)18)10-12-4-6-13(28-3)7-5-12/h4-7,11,23-25,27H,8-10H2,1-3H3. The van der Waals surface area contributed by atoms with Crippen molar-refractivity contribution in [2.75, 3.05) is 7.11 Å². The molecular weight excluding hydrogens is 376 g/mol. The number of hydrogen-bond acceptors (Lipinski definition) is 7. The summed E-state index contributed by atoms with van der Waals surface area (Å²) in [6.45, 7) is 3.26. The lowest BCUT2D eigenvalue weighted by molar-refractivity contribution is 0.0713. The van der Waals surface area contributed by atoms with Crippen molar-refractivity contribution in [2.24, 2.45) is 0 Å². The number of aromatic hydroxyl groups is 3. The molecule has 0 bridgehead atoms. The van der Waals surface area contributed by atoms with Gasteiger partial charge in [0.05, 0.1) is 12.7 Å². The predicted octanol–water partition coefficient (Wildman–Crippen LogP) is 3.21. The van der Waals surface area contributed by atoms with E-state index in [1.54, 1.807) is 45.2 Å². The summed E-state index contributed by atoms with van der Waals surface area (Å²) in [6.07, 6.45) is 0.628. The third-order valence-corrected chi connectivity index (χ3v) is 4.78. The highest BCUT2D eigenvalue weighted by atomic mass is 16.5. The van der Waals surface area contributed by atoms with Gasteiger partial charge in [0.2, 0.25) is 11.2 Å². The van der Waals surface area contributed by atoms with Crippen LogP contribution in [0.5, 0.6) is 23.0 Å². The zero-order valence-corrected chi connectivity index (χ0v) is 16.5. The first-order valence-corrected chi connectivity index (χ1v) is 9.18. The number of methoxy groups -OCH3 is 1. The second kappa shape index (κ2) is 7.67. The SMILES string of the molecule is COc1ccc(Cc2oc3c(CCC(C)(C)O)c(O)cc(O)c3c(=O)c2O)cc1. The highest BCUT2D eigenvalue weighted by Crippen LogP contribution is 2.37. The number of phenols is 2. The summed E-state index contributed by atoms with van der Waals surface area (Å²) in [5, 5.41) is 40.6. The Morgan fingerprint density at radius 3 is 2.31 bits per heavy atom. The van der Waals surface area contributed by atoms with Gasteiger partial charge in [-0.3, -0.25) is 4.79 Å². The third kappa shape index (κ3) is 4.30. The van der Waals surface area contributed by atoms with Gasteiger partial charge in [-0.05, 0) is 44.4 Å². The number of phenolic OH excluding ortho intramolecular Hbond substituents is 2. The quantitative estimate of drug-likeness (QED) is 0.501. The molecule has 0 atom stereocenters. The smallest absolute Gasteiger partial charge is 0.238 e. The minimum Gasteiger partial charge on any atom is -0.507 e. The fraction of sp³-hybridized carbons (Fsp3) is 0.318. The lowest BCUT2D eigenvalue weighted by atomic mass is 9.96. The molecule has 2 aromatic carbocycles. The third-order valence-electron chi connectivity index (χ3n) is 4.78. The van der Waals surface area contributed by atoms with Crippen LogP contribution in [0.3, 0.4) is 0 Å². The van der Waals surface area contributed by atoms with E-state index in [2.05, 4.69) is 0 Å². The average molecular weight is 400 g/mol. The molecule has 3 aromatic rings. The fourth-order valence-electron chi connectivity index (χ4n) is 3.14. The second-order valence-electron chi connectivity index (χ2n) is 7.64. The van der Waals surface area contributed by atoms with Crippen molar-refractivity contribution >= 4 is 11.0 Å². The molecule has 0 saturated heterocycles. The van der Waals surface area contributed by atoms with Crippen molar-refractivity contribution in [2.45, 2.75) is 38.7 Å². The van der Waals surface area contributed by atoms with Gasteiger partial charge in [0.1, 0.15) is 28.2 Å². The molecule has 154 valence electrons. The largest absolute Gasteiger partial charge is 0.507 e. The van der Waals surface area contributed by atoms with Crippen molar-refractivity contribution in [3.63, 3.8) is 0 Å². The Labute approximate surface area is 167 Å². The van der Waals surface area contributed by atoms with Crippen LogP contribution in [-0.2, 0) is 12.8 Å². The molecule has 29 heavy (non-hydrogen) atoms. The van der Waals surface area contributed by atoms with E-state index in [9.17, 15) is 25.2 Å². The van der Waals surface area contributed by atoms with Gasteiger partial charge in [-0.25, -0.2) is 0 Å². The highest BCUT2D eigenvalue weighted by Gasteiger charge is 2.23. The second-order valence-corrected chi connectivity index (χ2v) is 7.64. The first kappa shape index (κ1) is 20.5. The van der Waals surface area contributed by atoms with E-state index in [0.717, 1.165) is 11.6 Å². The van der Waals surface area contributed by atoms with Crippen LogP contribution in [-0.4, -0.2) is 33.1 Å². The Bertz CT molecular complexity index is 1090. The number of benzene rings is 2. The van der Waals surface area contributed by atoms with E-state index in [-0.39, 0.29) is 40.9 Å². The number of aliphatic hydroxyl groups is 1.